The molecule has 0 aromatic carbocycles. The summed E-state index contributed by atoms with van der Waals surface area (Å²) < 4.78 is 50.6. The van der Waals surface area contributed by atoms with Crippen LogP contribution < -0.4 is 0 Å². The maximum absolute atomic E-state index is 10.7. The third-order valence-electron chi connectivity index (χ3n) is 1.48. The van der Waals surface area contributed by atoms with E-state index in [0.29, 0.717) is 0 Å². The second-order valence-electron chi connectivity index (χ2n) is 3.27. The molecule has 5 nitrogen and oxygen atoms in total. The van der Waals surface area contributed by atoms with Crippen LogP contribution in [0.5, 0.6) is 0 Å². The third-order valence-corrected chi connectivity index (χ3v) is 3.44. The highest BCUT2D eigenvalue weighted by atomic mass is 32.2. The summed E-state index contributed by atoms with van der Waals surface area (Å²) in [6.07, 6.45) is 1.34. The summed E-state index contributed by atoms with van der Waals surface area (Å²) in [6, 6.07) is 0. The van der Waals surface area contributed by atoms with E-state index in [0.717, 1.165) is 6.26 Å². The third kappa shape index (κ3) is 9.78. The van der Waals surface area contributed by atoms with Crippen LogP contribution in [0.25, 0.3) is 0 Å². The molecule has 1 N–H and O–H groups in total. The Morgan fingerprint density at radius 1 is 1.23 bits per heavy atom. The molecule has 0 aromatic rings. The van der Waals surface area contributed by atoms with Gasteiger partial charge in [-0.15, -0.1) is 0 Å². The van der Waals surface area contributed by atoms with Crippen LogP contribution in [0.2, 0.25) is 0 Å². The van der Waals surface area contributed by atoms with E-state index in [2.05, 4.69) is 0 Å². The van der Waals surface area contributed by atoms with Gasteiger partial charge in [-0.3, -0.25) is 4.55 Å². The quantitative estimate of drug-likeness (QED) is 0.669. The van der Waals surface area contributed by atoms with Crippen molar-refractivity contribution >= 4 is 20.0 Å². The van der Waals surface area contributed by atoms with E-state index >= 15 is 0 Å². The Hall–Kier alpha value is -0.140. The maximum Gasteiger partial charge on any atom is 0.265 e. The lowest BCUT2D eigenvalue weighted by molar-refractivity contribution is 0.466. The van der Waals surface area contributed by atoms with Crippen LogP contribution >= 0.6 is 0 Å². The Bertz CT molecular complexity index is 339. The van der Waals surface area contributed by atoms with Gasteiger partial charge in [-0.25, -0.2) is 8.42 Å². The van der Waals surface area contributed by atoms with E-state index in [1.165, 1.54) is 0 Å². The van der Waals surface area contributed by atoms with E-state index in [4.69, 9.17) is 4.55 Å². The summed E-state index contributed by atoms with van der Waals surface area (Å²) in [5, 5.41) is 0. The molecule has 1 atom stereocenters. The lowest BCUT2D eigenvalue weighted by Crippen LogP contribution is -2.16. The standard InChI is InChI=1S/C6H14O5S2/c1-6(5-13(9,10)11)3-4-12(2,7)8/h6H,3-5H2,1-2H3,(H,9,10,11). The Labute approximate surface area is 78.8 Å². The Balaban J connectivity index is 3.98. The largest absolute Gasteiger partial charge is 0.286 e. The van der Waals surface area contributed by atoms with Crippen LogP contribution in [-0.2, 0) is 20.0 Å². The van der Waals surface area contributed by atoms with Gasteiger partial charge in [-0.1, -0.05) is 6.92 Å². The van der Waals surface area contributed by atoms with E-state index in [1.54, 1.807) is 6.92 Å². The minimum absolute atomic E-state index is 0.0519. The van der Waals surface area contributed by atoms with Crippen LogP contribution in [0.4, 0.5) is 0 Å². The highest BCUT2D eigenvalue weighted by Crippen LogP contribution is 2.06. The molecule has 0 aliphatic rings. The van der Waals surface area contributed by atoms with Crippen molar-refractivity contribution in [2.75, 3.05) is 17.8 Å². The molecule has 0 saturated heterocycles. The van der Waals surface area contributed by atoms with Gasteiger partial charge in [0.1, 0.15) is 9.84 Å². The number of rotatable bonds is 5. The molecule has 0 spiro atoms. The van der Waals surface area contributed by atoms with E-state index < -0.39 is 20.0 Å². The highest BCUT2D eigenvalue weighted by molar-refractivity contribution is 7.90. The fourth-order valence-corrected chi connectivity index (χ4v) is 2.57. The van der Waals surface area contributed by atoms with E-state index in [1.807, 2.05) is 0 Å². The summed E-state index contributed by atoms with van der Waals surface area (Å²) in [5.41, 5.74) is 0. The van der Waals surface area contributed by atoms with Crippen molar-refractivity contribution in [3.63, 3.8) is 0 Å². The molecular formula is C6H14O5S2. The summed E-state index contributed by atoms with van der Waals surface area (Å²) in [4.78, 5) is 0. The summed E-state index contributed by atoms with van der Waals surface area (Å²) >= 11 is 0. The van der Waals surface area contributed by atoms with Crippen LogP contribution in [-0.4, -0.2) is 39.1 Å². The molecule has 0 rings (SSSR count). The summed E-state index contributed by atoms with van der Waals surface area (Å²) in [6.45, 7) is 1.58. The zero-order valence-corrected chi connectivity index (χ0v) is 9.23. The van der Waals surface area contributed by atoms with E-state index in [-0.39, 0.29) is 23.8 Å². The van der Waals surface area contributed by atoms with Crippen LogP contribution in [0, 0.1) is 5.92 Å². The minimum atomic E-state index is -3.99. The lowest BCUT2D eigenvalue weighted by Gasteiger charge is -2.07. The van der Waals surface area contributed by atoms with Gasteiger partial charge in [0.05, 0.1) is 11.5 Å². The predicted molar refractivity (Wildman–Crippen MR) is 49.9 cm³/mol. The van der Waals surface area contributed by atoms with Crippen molar-refractivity contribution in [2.45, 2.75) is 13.3 Å². The van der Waals surface area contributed by atoms with Gasteiger partial charge in [-0.2, -0.15) is 8.42 Å². The smallest absolute Gasteiger partial charge is 0.265 e. The fraction of sp³-hybridized carbons (Fsp3) is 1.00. The molecule has 80 valence electrons. The second-order valence-corrected chi connectivity index (χ2v) is 7.03. The van der Waals surface area contributed by atoms with Gasteiger partial charge in [0.15, 0.2) is 0 Å². The molecule has 13 heavy (non-hydrogen) atoms. The van der Waals surface area contributed by atoms with Gasteiger partial charge in [0, 0.05) is 6.26 Å². The van der Waals surface area contributed by atoms with Crippen LogP contribution in [0.15, 0.2) is 0 Å². The molecule has 1 unspecified atom stereocenters. The molecule has 0 aliphatic carbocycles. The molecule has 7 heteroatoms. The highest BCUT2D eigenvalue weighted by Gasteiger charge is 2.14. The summed E-state index contributed by atoms with van der Waals surface area (Å²) in [7, 11) is -7.04. The van der Waals surface area contributed by atoms with Crippen molar-refractivity contribution in [3.8, 4) is 0 Å². The second kappa shape index (κ2) is 4.39. The zero-order valence-electron chi connectivity index (χ0n) is 7.60. The first kappa shape index (κ1) is 12.9. The maximum atomic E-state index is 10.7. The molecule has 0 heterocycles. The Kier molecular flexibility index (Phi) is 4.34. The van der Waals surface area contributed by atoms with E-state index in [9.17, 15) is 16.8 Å². The molecule has 0 radical (unpaired) electrons. The van der Waals surface area contributed by atoms with Crippen molar-refractivity contribution in [1.82, 2.24) is 0 Å². The van der Waals surface area contributed by atoms with Gasteiger partial charge in [0.25, 0.3) is 10.1 Å². The van der Waals surface area contributed by atoms with Crippen molar-refractivity contribution in [1.29, 1.82) is 0 Å². The van der Waals surface area contributed by atoms with Gasteiger partial charge < -0.3 is 0 Å². The monoisotopic (exact) mass is 230 g/mol. The average molecular weight is 230 g/mol. The minimum Gasteiger partial charge on any atom is -0.286 e. The summed E-state index contributed by atoms with van der Waals surface area (Å²) in [5.74, 6) is -0.781. The first-order valence-electron chi connectivity index (χ1n) is 3.73. The number of sulfone groups is 1. The molecule has 0 aromatic heterocycles. The van der Waals surface area contributed by atoms with Gasteiger partial charge in [0.2, 0.25) is 0 Å². The Morgan fingerprint density at radius 2 is 1.69 bits per heavy atom. The normalized spacial score (nSPS) is 15.6. The van der Waals surface area contributed by atoms with Gasteiger partial charge >= 0.3 is 0 Å². The molecule has 0 aliphatic heterocycles. The molecule has 0 amide bonds. The van der Waals surface area contributed by atoms with Crippen molar-refractivity contribution < 1.29 is 21.4 Å². The number of hydrogen-bond donors (Lipinski definition) is 1. The molecule has 0 fully saturated rings. The Morgan fingerprint density at radius 3 is 2.00 bits per heavy atom. The van der Waals surface area contributed by atoms with Crippen molar-refractivity contribution in [2.24, 2.45) is 5.92 Å². The predicted octanol–water partition coefficient (Wildman–Crippen LogP) is -0.0550. The fourth-order valence-electron chi connectivity index (χ4n) is 0.858. The molecular weight excluding hydrogens is 216 g/mol. The topological polar surface area (TPSA) is 88.5 Å². The first-order chi connectivity index (χ1) is 5.60. The SMILES string of the molecule is CC(CCS(C)(=O)=O)CS(=O)(=O)O. The van der Waals surface area contributed by atoms with Crippen LogP contribution in [0.1, 0.15) is 13.3 Å². The lowest BCUT2D eigenvalue weighted by atomic mass is 10.2. The average Bonchev–Trinajstić information content (AvgIpc) is 1.78. The first-order valence-corrected chi connectivity index (χ1v) is 7.40. The van der Waals surface area contributed by atoms with Crippen LogP contribution in [0.3, 0.4) is 0 Å². The zero-order chi connectivity index (χ0) is 10.7. The van der Waals surface area contributed by atoms with Crippen molar-refractivity contribution in [3.05, 3.63) is 0 Å². The molecule has 0 saturated carbocycles. The number of hydrogen-bond acceptors (Lipinski definition) is 4. The van der Waals surface area contributed by atoms with Gasteiger partial charge in [-0.05, 0) is 12.3 Å². The molecule has 0 bridgehead atoms.